The van der Waals surface area contributed by atoms with E-state index in [1.54, 1.807) is 0 Å². The number of hydrogen-bond donors (Lipinski definition) is 1. The van der Waals surface area contributed by atoms with Gasteiger partial charge in [0.15, 0.2) is 5.75 Å². The van der Waals surface area contributed by atoms with E-state index in [0.717, 1.165) is 0 Å². The van der Waals surface area contributed by atoms with Gasteiger partial charge in [0, 0.05) is 6.20 Å². The van der Waals surface area contributed by atoms with Crippen LogP contribution < -0.4 is 0 Å². The fourth-order valence-corrected chi connectivity index (χ4v) is 0.790. The molecule has 0 spiro atoms. The predicted octanol–water partition coefficient (Wildman–Crippen LogP) is 1.53. The summed E-state index contributed by atoms with van der Waals surface area (Å²) in [4.78, 5) is 3.22. The molecule has 1 aromatic rings. The van der Waals surface area contributed by atoms with Crippen LogP contribution in [0.4, 0.5) is 4.39 Å². The Morgan fingerprint density at radius 2 is 2.33 bits per heavy atom. The predicted molar refractivity (Wildman–Crippen MR) is 38.6 cm³/mol. The number of nitrogens with zero attached hydrogens (tertiary/aromatic N) is 1. The summed E-state index contributed by atoms with van der Waals surface area (Å²) in [5.74, 6) is -1.19. The fourth-order valence-electron chi connectivity index (χ4n) is 0.407. The van der Waals surface area contributed by atoms with E-state index in [9.17, 15) is 4.39 Å². The van der Waals surface area contributed by atoms with Gasteiger partial charge in [0.05, 0.1) is 3.57 Å². The van der Waals surface area contributed by atoms with Crippen LogP contribution in [0.15, 0.2) is 12.3 Å². The Labute approximate surface area is 64.9 Å². The van der Waals surface area contributed by atoms with Gasteiger partial charge in [-0.05, 0) is 28.7 Å². The van der Waals surface area contributed by atoms with Crippen LogP contribution in [0.25, 0.3) is 0 Å². The molecule has 48 valence electrons. The Morgan fingerprint density at radius 3 is 2.78 bits per heavy atom. The van der Waals surface area contributed by atoms with Gasteiger partial charge in [-0.3, -0.25) is 0 Å². The maximum absolute atomic E-state index is 12.2. The minimum absolute atomic E-state index is 0.377. The lowest BCUT2D eigenvalue weighted by Crippen LogP contribution is -1.83. The first-order chi connectivity index (χ1) is 4.22. The molecule has 0 atom stereocenters. The summed E-state index contributed by atoms with van der Waals surface area (Å²) < 4.78 is 12.7. The lowest BCUT2D eigenvalue weighted by Gasteiger charge is -1.93. The number of halogens is 2. The minimum Gasteiger partial charge on any atom is -0.503 e. The van der Waals surface area contributed by atoms with Crippen LogP contribution in [0.5, 0.6) is 5.75 Å². The first-order valence-electron chi connectivity index (χ1n) is 2.21. The monoisotopic (exact) mass is 239 g/mol. The third-order valence-corrected chi connectivity index (χ3v) is 1.70. The van der Waals surface area contributed by atoms with E-state index in [1.807, 2.05) is 22.6 Å². The van der Waals surface area contributed by atoms with E-state index >= 15 is 0 Å². The van der Waals surface area contributed by atoms with Gasteiger partial charge in [0.1, 0.15) is 0 Å². The van der Waals surface area contributed by atoms with E-state index in [2.05, 4.69) is 4.98 Å². The van der Waals surface area contributed by atoms with Crippen molar-refractivity contribution in [3.63, 3.8) is 0 Å². The van der Waals surface area contributed by atoms with Crippen molar-refractivity contribution in [2.45, 2.75) is 0 Å². The summed E-state index contributed by atoms with van der Waals surface area (Å²) in [6.07, 6.45) is 1.30. The first-order valence-corrected chi connectivity index (χ1v) is 3.28. The summed E-state index contributed by atoms with van der Waals surface area (Å²) in [7, 11) is 0. The van der Waals surface area contributed by atoms with Crippen LogP contribution >= 0.6 is 22.6 Å². The zero-order valence-electron chi connectivity index (χ0n) is 4.31. The SMILES string of the molecule is Oc1c(I)ccnc1F. The second-order valence-corrected chi connectivity index (χ2v) is 2.59. The largest absolute Gasteiger partial charge is 0.503 e. The number of aromatic nitrogens is 1. The molecule has 0 aliphatic carbocycles. The standard InChI is InChI=1S/C5H3FINO/c6-5-4(9)3(7)1-2-8-5/h1-2,9H. The van der Waals surface area contributed by atoms with Crippen molar-refractivity contribution in [3.05, 3.63) is 21.8 Å². The van der Waals surface area contributed by atoms with Crippen LogP contribution in [0.2, 0.25) is 0 Å². The van der Waals surface area contributed by atoms with E-state index in [-0.39, 0.29) is 5.75 Å². The van der Waals surface area contributed by atoms with Crippen molar-refractivity contribution in [1.29, 1.82) is 0 Å². The maximum atomic E-state index is 12.2. The summed E-state index contributed by atoms with van der Waals surface area (Å²) in [6.45, 7) is 0. The third kappa shape index (κ3) is 1.29. The molecule has 0 saturated heterocycles. The Balaban J connectivity index is 3.25. The smallest absolute Gasteiger partial charge is 0.256 e. The summed E-state index contributed by atoms with van der Waals surface area (Å²) in [5.41, 5.74) is 0. The van der Waals surface area contributed by atoms with Gasteiger partial charge in [0.2, 0.25) is 0 Å². The number of hydrogen-bond acceptors (Lipinski definition) is 2. The van der Waals surface area contributed by atoms with Crippen molar-refractivity contribution in [2.24, 2.45) is 0 Å². The number of pyridine rings is 1. The van der Waals surface area contributed by atoms with Gasteiger partial charge >= 0.3 is 0 Å². The molecule has 1 rings (SSSR count). The lowest BCUT2D eigenvalue weighted by atomic mass is 10.5. The third-order valence-electron chi connectivity index (χ3n) is 0.830. The molecule has 0 aliphatic heterocycles. The molecule has 0 aliphatic rings. The molecule has 0 unspecified atom stereocenters. The number of rotatable bonds is 0. The molecule has 0 amide bonds. The van der Waals surface area contributed by atoms with Gasteiger partial charge < -0.3 is 5.11 Å². The summed E-state index contributed by atoms with van der Waals surface area (Å²) >= 11 is 1.82. The highest BCUT2D eigenvalue weighted by atomic mass is 127. The number of aromatic hydroxyl groups is 1. The Bertz CT molecular complexity index is 208. The summed E-state index contributed by atoms with van der Waals surface area (Å²) in [5, 5.41) is 8.76. The average Bonchev–Trinajstić information content (AvgIpc) is 1.83. The Kier molecular flexibility index (Phi) is 1.84. The molecule has 9 heavy (non-hydrogen) atoms. The van der Waals surface area contributed by atoms with Crippen molar-refractivity contribution in [2.75, 3.05) is 0 Å². The highest BCUT2D eigenvalue weighted by Crippen LogP contribution is 2.19. The Morgan fingerprint density at radius 1 is 1.67 bits per heavy atom. The van der Waals surface area contributed by atoms with Crippen molar-refractivity contribution in [1.82, 2.24) is 4.98 Å². The van der Waals surface area contributed by atoms with E-state index in [0.29, 0.717) is 3.57 Å². The molecular weight excluding hydrogens is 236 g/mol. The molecule has 0 bridgehead atoms. The molecular formula is C5H3FINO. The van der Waals surface area contributed by atoms with Gasteiger partial charge in [-0.25, -0.2) is 4.98 Å². The van der Waals surface area contributed by atoms with Gasteiger partial charge in [-0.1, -0.05) is 0 Å². The second-order valence-electron chi connectivity index (χ2n) is 1.43. The van der Waals surface area contributed by atoms with Crippen LogP contribution in [0.1, 0.15) is 0 Å². The van der Waals surface area contributed by atoms with Crippen LogP contribution in [-0.4, -0.2) is 10.1 Å². The normalized spacial score (nSPS) is 9.56. The molecule has 2 nitrogen and oxygen atoms in total. The molecule has 0 fully saturated rings. The van der Waals surface area contributed by atoms with Crippen LogP contribution in [-0.2, 0) is 0 Å². The van der Waals surface area contributed by atoms with Crippen LogP contribution in [0.3, 0.4) is 0 Å². The van der Waals surface area contributed by atoms with Gasteiger partial charge in [0.25, 0.3) is 5.95 Å². The highest BCUT2D eigenvalue weighted by molar-refractivity contribution is 14.1. The molecule has 1 heterocycles. The molecule has 4 heteroatoms. The van der Waals surface area contributed by atoms with E-state index in [1.165, 1.54) is 12.3 Å². The van der Waals surface area contributed by atoms with Crippen molar-refractivity contribution in [3.8, 4) is 5.75 Å². The molecule has 1 aromatic heterocycles. The quantitative estimate of drug-likeness (QED) is 0.550. The topological polar surface area (TPSA) is 33.1 Å². The lowest BCUT2D eigenvalue weighted by molar-refractivity contribution is 0.415. The van der Waals surface area contributed by atoms with Crippen LogP contribution in [0, 0.1) is 9.52 Å². The fraction of sp³-hybridized carbons (Fsp3) is 0. The molecule has 0 aromatic carbocycles. The van der Waals surface area contributed by atoms with E-state index in [4.69, 9.17) is 5.11 Å². The molecule has 0 radical (unpaired) electrons. The minimum atomic E-state index is -0.818. The second kappa shape index (κ2) is 2.47. The van der Waals surface area contributed by atoms with Crippen molar-refractivity contribution < 1.29 is 9.50 Å². The zero-order valence-corrected chi connectivity index (χ0v) is 6.46. The van der Waals surface area contributed by atoms with Gasteiger partial charge in [-0.15, -0.1) is 0 Å². The van der Waals surface area contributed by atoms with Crippen molar-refractivity contribution >= 4 is 22.6 Å². The van der Waals surface area contributed by atoms with E-state index < -0.39 is 5.95 Å². The van der Waals surface area contributed by atoms with Gasteiger partial charge in [-0.2, -0.15) is 4.39 Å². The first kappa shape index (κ1) is 6.73. The maximum Gasteiger partial charge on any atom is 0.256 e. The molecule has 0 saturated carbocycles. The zero-order chi connectivity index (χ0) is 6.85. The molecule has 1 N–H and O–H groups in total. The highest BCUT2D eigenvalue weighted by Gasteiger charge is 2.02. The Hall–Kier alpha value is -0.390. The average molecular weight is 239 g/mol. The summed E-state index contributed by atoms with van der Waals surface area (Å²) in [6, 6.07) is 1.53.